The van der Waals surface area contributed by atoms with Crippen molar-refractivity contribution in [2.45, 2.75) is 39.0 Å². The molecule has 1 aliphatic heterocycles. The van der Waals surface area contributed by atoms with Crippen molar-refractivity contribution < 1.29 is 13.7 Å². The largest absolute Gasteiger partial charge is 0.444 e. The highest BCUT2D eigenvalue weighted by molar-refractivity contribution is 5.94. The van der Waals surface area contributed by atoms with E-state index in [9.17, 15) is 4.79 Å². The van der Waals surface area contributed by atoms with Crippen molar-refractivity contribution in [2.75, 3.05) is 13.1 Å². The predicted octanol–water partition coefficient (Wildman–Crippen LogP) is 3.94. The Labute approximate surface area is 163 Å². The number of piperidine rings is 1. The molecule has 1 aliphatic rings. The van der Waals surface area contributed by atoms with Crippen molar-refractivity contribution in [1.29, 1.82) is 0 Å². The molecule has 0 spiro atoms. The second-order valence-electron chi connectivity index (χ2n) is 7.68. The molecule has 1 saturated heterocycles. The first kappa shape index (κ1) is 18.4. The molecule has 0 saturated carbocycles. The molecule has 7 heteroatoms. The summed E-state index contributed by atoms with van der Waals surface area (Å²) in [6.07, 6.45) is 5.73. The van der Waals surface area contributed by atoms with E-state index in [0.29, 0.717) is 29.7 Å². The molecule has 1 unspecified atom stereocenters. The van der Waals surface area contributed by atoms with Crippen LogP contribution in [-0.2, 0) is 6.42 Å². The molecule has 3 heterocycles. The summed E-state index contributed by atoms with van der Waals surface area (Å²) in [5.41, 5.74) is 1.56. The van der Waals surface area contributed by atoms with Crippen molar-refractivity contribution in [3.05, 3.63) is 54.1 Å². The van der Waals surface area contributed by atoms with Crippen LogP contribution in [-0.4, -0.2) is 39.0 Å². The van der Waals surface area contributed by atoms with Crippen LogP contribution in [0.5, 0.6) is 0 Å². The van der Waals surface area contributed by atoms with E-state index in [4.69, 9.17) is 8.94 Å². The molecule has 146 valence electrons. The number of amides is 1. The molecule has 1 amide bonds. The van der Waals surface area contributed by atoms with Crippen LogP contribution in [0.3, 0.4) is 0 Å². The summed E-state index contributed by atoms with van der Waals surface area (Å²) in [6.45, 7) is 5.60. The average Bonchev–Trinajstić information content (AvgIpc) is 3.39. The van der Waals surface area contributed by atoms with Gasteiger partial charge in [-0.2, -0.15) is 4.98 Å². The molecule has 2 aromatic heterocycles. The van der Waals surface area contributed by atoms with E-state index in [1.54, 1.807) is 6.20 Å². The number of nitrogens with zero attached hydrogens (tertiary/aromatic N) is 4. The Kier molecular flexibility index (Phi) is 5.23. The summed E-state index contributed by atoms with van der Waals surface area (Å²) in [5, 5.41) is 4.09. The maximum absolute atomic E-state index is 12.9. The Balaban J connectivity index is 1.44. The summed E-state index contributed by atoms with van der Waals surface area (Å²) in [5.74, 6) is 2.68. The van der Waals surface area contributed by atoms with Gasteiger partial charge in [0.05, 0.1) is 12.1 Å². The van der Waals surface area contributed by atoms with E-state index in [0.717, 1.165) is 37.2 Å². The normalized spacial score (nSPS) is 17.2. The van der Waals surface area contributed by atoms with Crippen molar-refractivity contribution in [1.82, 2.24) is 20.0 Å². The van der Waals surface area contributed by atoms with Crippen LogP contribution in [0.4, 0.5) is 0 Å². The number of hydrogen-bond acceptors (Lipinski definition) is 6. The monoisotopic (exact) mass is 380 g/mol. The molecule has 3 aromatic rings. The fourth-order valence-electron chi connectivity index (χ4n) is 3.56. The first-order valence-corrected chi connectivity index (χ1v) is 9.71. The fourth-order valence-corrected chi connectivity index (χ4v) is 3.56. The highest BCUT2D eigenvalue weighted by Crippen LogP contribution is 2.27. The molecule has 0 bridgehead atoms. The van der Waals surface area contributed by atoms with E-state index in [2.05, 4.69) is 29.0 Å². The summed E-state index contributed by atoms with van der Waals surface area (Å²) < 4.78 is 10.8. The number of hydrogen-bond donors (Lipinski definition) is 0. The Morgan fingerprint density at radius 1 is 1.29 bits per heavy atom. The van der Waals surface area contributed by atoms with E-state index in [1.807, 2.05) is 29.2 Å². The Morgan fingerprint density at radius 2 is 2.11 bits per heavy atom. The predicted molar refractivity (Wildman–Crippen MR) is 103 cm³/mol. The van der Waals surface area contributed by atoms with E-state index >= 15 is 0 Å². The van der Waals surface area contributed by atoms with Gasteiger partial charge in [0, 0.05) is 30.6 Å². The minimum absolute atomic E-state index is 0.0238. The van der Waals surface area contributed by atoms with Gasteiger partial charge in [-0.15, -0.1) is 0 Å². The molecular weight excluding hydrogens is 356 g/mol. The van der Waals surface area contributed by atoms with E-state index in [-0.39, 0.29) is 11.8 Å². The number of carbonyl (C=O) groups is 1. The minimum Gasteiger partial charge on any atom is -0.444 e. The topological polar surface area (TPSA) is 85.3 Å². The van der Waals surface area contributed by atoms with Gasteiger partial charge in [-0.3, -0.25) is 4.79 Å². The van der Waals surface area contributed by atoms with Crippen LogP contribution in [0.1, 0.15) is 54.7 Å². The molecular formula is C21H24N4O3. The zero-order valence-electron chi connectivity index (χ0n) is 16.2. The second-order valence-corrected chi connectivity index (χ2v) is 7.68. The van der Waals surface area contributed by atoms with E-state index in [1.165, 1.54) is 6.39 Å². The van der Waals surface area contributed by atoms with Crippen LogP contribution in [0.2, 0.25) is 0 Å². The summed E-state index contributed by atoms with van der Waals surface area (Å²) in [4.78, 5) is 23.3. The first-order valence-electron chi connectivity index (χ1n) is 9.71. The van der Waals surface area contributed by atoms with Gasteiger partial charge in [0.1, 0.15) is 0 Å². The molecule has 0 aliphatic carbocycles. The van der Waals surface area contributed by atoms with Gasteiger partial charge in [-0.25, -0.2) is 4.98 Å². The molecule has 0 N–H and O–H groups in total. The lowest BCUT2D eigenvalue weighted by molar-refractivity contribution is 0.0695. The van der Waals surface area contributed by atoms with Crippen molar-refractivity contribution in [3.8, 4) is 11.3 Å². The Bertz CT molecular complexity index is 916. The van der Waals surface area contributed by atoms with Crippen LogP contribution in [0, 0.1) is 5.92 Å². The minimum atomic E-state index is 0.0238. The number of benzene rings is 1. The van der Waals surface area contributed by atoms with Crippen LogP contribution in [0.15, 0.2) is 45.8 Å². The zero-order valence-corrected chi connectivity index (χ0v) is 16.2. The third-order valence-electron chi connectivity index (χ3n) is 4.98. The quantitative estimate of drug-likeness (QED) is 0.666. The molecule has 7 nitrogen and oxygen atoms in total. The average molecular weight is 380 g/mol. The van der Waals surface area contributed by atoms with Crippen LogP contribution >= 0.6 is 0 Å². The van der Waals surface area contributed by atoms with Gasteiger partial charge in [0.15, 0.2) is 18.0 Å². The molecule has 1 fully saturated rings. The summed E-state index contributed by atoms with van der Waals surface area (Å²) in [7, 11) is 0. The molecule has 4 rings (SSSR count). The maximum Gasteiger partial charge on any atom is 0.253 e. The van der Waals surface area contributed by atoms with Gasteiger partial charge in [-0.05, 0) is 30.9 Å². The van der Waals surface area contributed by atoms with Crippen LogP contribution < -0.4 is 0 Å². The molecule has 1 atom stereocenters. The summed E-state index contributed by atoms with van der Waals surface area (Å²) in [6, 6.07) is 7.42. The molecule has 28 heavy (non-hydrogen) atoms. The number of oxazole rings is 1. The van der Waals surface area contributed by atoms with Crippen molar-refractivity contribution >= 4 is 5.91 Å². The zero-order chi connectivity index (χ0) is 19.5. The molecule has 1 aromatic carbocycles. The van der Waals surface area contributed by atoms with Crippen molar-refractivity contribution in [3.63, 3.8) is 0 Å². The Morgan fingerprint density at radius 3 is 2.82 bits per heavy atom. The van der Waals surface area contributed by atoms with Gasteiger partial charge in [-0.1, -0.05) is 31.1 Å². The standard InChI is InChI=1S/C21H24N4O3/c1-14(2)10-19-23-20(28-24-19)17-4-3-9-25(12-17)21(26)16-7-5-15(6-8-16)18-11-22-13-27-18/h5-8,11,13-14,17H,3-4,9-10,12H2,1-2H3. The van der Waals surface area contributed by atoms with Crippen molar-refractivity contribution in [2.24, 2.45) is 5.92 Å². The summed E-state index contributed by atoms with van der Waals surface area (Å²) >= 11 is 0. The lowest BCUT2D eigenvalue weighted by atomic mass is 9.97. The van der Waals surface area contributed by atoms with Gasteiger partial charge in [0.25, 0.3) is 5.91 Å². The lowest BCUT2D eigenvalue weighted by Gasteiger charge is -2.31. The maximum atomic E-state index is 12.9. The SMILES string of the molecule is CC(C)Cc1noc(C2CCCN(C(=O)c3ccc(-c4cnco4)cc3)C2)n1. The van der Waals surface area contributed by atoms with E-state index < -0.39 is 0 Å². The van der Waals surface area contributed by atoms with Gasteiger partial charge < -0.3 is 13.8 Å². The first-order chi connectivity index (χ1) is 13.6. The smallest absolute Gasteiger partial charge is 0.253 e. The second kappa shape index (κ2) is 7.96. The van der Waals surface area contributed by atoms with Gasteiger partial charge in [0.2, 0.25) is 5.89 Å². The third-order valence-corrected chi connectivity index (χ3v) is 4.98. The third kappa shape index (κ3) is 3.98. The van der Waals surface area contributed by atoms with Crippen LogP contribution in [0.25, 0.3) is 11.3 Å². The Hall–Kier alpha value is -2.96. The van der Waals surface area contributed by atoms with Gasteiger partial charge >= 0.3 is 0 Å². The highest BCUT2D eigenvalue weighted by atomic mass is 16.5. The number of rotatable bonds is 5. The number of aromatic nitrogens is 3. The molecule has 0 radical (unpaired) electrons. The number of likely N-dealkylation sites (tertiary alicyclic amines) is 1. The number of carbonyl (C=O) groups excluding carboxylic acids is 1. The lowest BCUT2D eigenvalue weighted by Crippen LogP contribution is -2.39. The highest BCUT2D eigenvalue weighted by Gasteiger charge is 2.29. The fraction of sp³-hybridized carbons (Fsp3) is 0.429.